The van der Waals surface area contributed by atoms with E-state index in [1.165, 1.54) is 0 Å². The maximum atomic E-state index is 15.4. The molecule has 0 bridgehead atoms. The summed E-state index contributed by atoms with van der Waals surface area (Å²) in [5, 5.41) is 13.3. The van der Waals surface area contributed by atoms with Crippen LogP contribution in [0.3, 0.4) is 0 Å². The molecule has 160 valence electrons. The Hall–Kier alpha value is -1.46. The molecule has 2 heterocycles. The van der Waals surface area contributed by atoms with Gasteiger partial charge in [0.25, 0.3) is 0 Å². The van der Waals surface area contributed by atoms with E-state index in [0.717, 1.165) is 10.7 Å². The topological polar surface area (TPSA) is 119 Å². The minimum atomic E-state index is -4.15. The van der Waals surface area contributed by atoms with Gasteiger partial charge in [0.2, 0.25) is 5.91 Å². The van der Waals surface area contributed by atoms with Crippen molar-refractivity contribution in [3.05, 3.63) is 0 Å². The Labute approximate surface area is 164 Å². The first-order valence-electron chi connectivity index (χ1n) is 9.77. The zero-order valence-electron chi connectivity index (χ0n) is 16.2. The van der Waals surface area contributed by atoms with Crippen molar-refractivity contribution < 1.29 is 27.5 Å². The largest absolute Gasteiger partial charge is 0.391 e. The normalized spacial score (nSPS) is 35.5. The van der Waals surface area contributed by atoms with Crippen molar-refractivity contribution in [3.63, 3.8) is 0 Å². The number of nitrogens with zero attached hydrogens (tertiary/aromatic N) is 2. The van der Waals surface area contributed by atoms with Crippen molar-refractivity contribution in [1.82, 2.24) is 19.2 Å². The molecule has 0 aromatic heterocycles. The monoisotopic (exact) mass is 420 g/mol. The first-order chi connectivity index (χ1) is 13.1. The molecule has 5 unspecified atom stereocenters. The molecule has 9 nitrogen and oxygen atoms in total. The number of rotatable bonds is 4. The van der Waals surface area contributed by atoms with Crippen molar-refractivity contribution in [3.8, 4) is 0 Å². The molecule has 3 N–H and O–H groups in total. The predicted molar refractivity (Wildman–Crippen MR) is 99.1 cm³/mol. The van der Waals surface area contributed by atoms with Gasteiger partial charge in [0.1, 0.15) is 6.17 Å². The van der Waals surface area contributed by atoms with Gasteiger partial charge in [-0.3, -0.25) is 4.79 Å². The quantitative estimate of drug-likeness (QED) is 0.583. The van der Waals surface area contributed by atoms with Crippen LogP contribution in [0, 0.1) is 17.8 Å². The third-order valence-electron chi connectivity index (χ3n) is 5.95. The summed E-state index contributed by atoms with van der Waals surface area (Å²) in [6.07, 6.45) is -1.21. The van der Waals surface area contributed by atoms with E-state index in [-0.39, 0.29) is 24.9 Å². The van der Waals surface area contributed by atoms with Crippen LogP contribution < -0.4 is 10.0 Å². The molecule has 0 radical (unpaired) electrons. The van der Waals surface area contributed by atoms with Crippen molar-refractivity contribution in [1.29, 1.82) is 0 Å². The van der Waals surface area contributed by atoms with Crippen molar-refractivity contribution in [2.24, 2.45) is 17.8 Å². The van der Waals surface area contributed by atoms with Gasteiger partial charge in [-0.05, 0) is 31.1 Å². The number of hydrogen-bond acceptors (Lipinski definition) is 5. The Morgan fingerprint density at radius 1 is 1.43 bits per heavy atom. The van der Waals surface area contributed by atoms with E-state index in [9.17, 15) is 23.1 Å². The number of carbonyl (C=O) groups is 2. The standard InChI is InChI=1S/C17H29FN4O5S/c1-10(2)3-5-19-17(25)21-6-4-11-7-13(23)16(15(18)12(11)8-21)22-9-14(24)20-28(22,26)27/h10-13,15-16,23H,3-9H2,1-2H3,(H,19,25)(H,20,24). The number of urea groups is 1. The lowest BCUT2D eigenvalue weighted by Crippen LogP contribution is -2.62. The zero-order chi connectivity index (χ0) is 20.6. The van der Waals surface area contributed by atoms with Crippen LogP contribution in [0.15, 0.2) is 0 Å². The van der Waals surface area contributed by atoms with Crippen LogP contribution in [0.4, 0.5) is 9.18 Å². The summed E-state index contributed by atoms with van der Waals surface area (Å²) in [4.78, 5) is 25.5. The summed E-state index contributed by atoms with van der Waals surface area (Å²) in [6.45, 7) is 4.80. The highest BCUT2D eigenvalue weighted by molar-refractivity contribution is 7.88. The van der Waals surface area contributed by atoms with Crippen LogP contribution in [-0.2, 0) is 15.0 Å². The summed E-state index contributed by atoms with van der Waals surface area (Å²) in [5.41, 5.74) is 0. The summed E-state index contributed by atoms with van der Waals surface area (Å²) < 4.78 is 42.2. The lowest BCUT2D eigenvalue weighted by Gasteiger charge is -2.48. The highest BCUT2D eigenvalue weighted by Gasteiger charge is 2.53. The molecular formula is C17H29FN4O5S. The van der Waals surface area contributed by atoms with Gasteiger partial charge in [-0.2, -0.15) is 12.7 Å². The van der Waals surface area contributed by atoms with Gasteiger partial charge in [0.15, 0.2) is 0 Å². The maximum Gasteiger partial charge on any atom is 0.317 e. The molecule has 11 heteroatoms. The molecule has 2 saturated heterocycles. The maximum absolute atomic E-state index is 15.4. The molecule has 0 aromatic carbocycles. The minimum Gasteiger partial charge on any atom is -0.391 e. The van der Waals surface area contributed by atoms with Crippen LogP contribution in [0.1, 0.15) is 33.1 Å². The summed E-state index contributed by atoms with van der Waals surface area (Å²) in [5.74, 6) is -0.990. The van der Waals surface area contributed by atoms with Crippen LogP contribution >= 0.6 is 0 Å². The van der Waals surface area contributed by atoms with Gasteiger partial charge in [0, 0.05) is 25.6 Å². The number of likely N-dealkylation sites (tertiary alicyclic amines) is 1. The third-order valence-corrected chi connectivity index (χ3v) is 7.42. The third kappa shape index (κ3) is 4.25. The van der Waals surface area contributed by atoms with E-state index in [1.807, 2.05) is 4.72 Å². The number of piperidine rings is 1. The minimum absolute atomic E-state index is 0.130. The second kappa shape index (κ2) is 8.11. The molecule has 0 spiro atoms. The van der Waals surface area contributed by atoms with Gasteiger partial charge in [0.05, 0.1) is 18.7 Å². The second-order valence-electron chi connectivity index (χ2n) is 8.39. The number of carbonyl (C=O) groups excluding carboxylic acids is 2. The van der Waals surface area contributed by atoms with Crippen molar-refractivity contribution in [2.75, 3.05) is 26.2 Å². The SMILES string of the molecule is CC(C)CCNC(=O)N1CCC2CC(O)C(N3CC(=O)NS3(=O)=O)C(F)C2C1. The van der Waals surface area contributed by atoms with Crippen molar-refractivity contribution >= 4 is 22.1 Å². The summed E-state index contributed by atoms with van der Waals surface area (Å²) >= 11 is 0. The fourth-order valence-electron chi connectivity index (χ4n) is 4.44. The Balaban J connectivity index is 1.69. The van der Waals surface area contributed by atoms with Gasteiger partial charge < -0.3 is 15.3 Å². The Morgan fingerprint density at radius 2 is 2.14 bits per heavy atom. The van der Waals surface area contributed by atoms with E-state index < -0.39 is 46.9 Å². The molecule has 5 atom stereocenters. The zero-order valence-corrected chi connectivity index (χ0v) is 17.0. The average molecular weight is 421 g/mol. The van der Waals surface area contributed by atoms with Crippen LogP contribution in [-0.4, -0.2) is 79.2 Å². The highest BCUT2D eigenvalue weighted by atomic mass is 32.2. The molecule has 3 fully saturated rings. The number of nitrogens with one attached hydrogen (secondary N) is 2. The average Bonchev–Trinajstić information content (AvgIpc) is 2.86. The number of alkyl halides is 1. The Bertz CT molecular complexity index is 718. The molecular weight excluding hydrogens is 391 g/mol. The molecule has 3 amide bonds. The number of aliphatic hydroxyl groups excluding tert-OH is 1. The molecule has 28 heavy (non-hydrogen) atoms. The van der Waals surface area contributed by atoms with Crippen LogP contribution in [0.2, 0.25) is 0 Å². The first kappa shape index (κ1) is 21.3. The number of hydrogen-bond donors (Lipinski definition) is 3. The number of aliphatic hydroxyl groups is 1. The molecule has 3 aliphatic rings. The predicted octanol–water partition coefficient (Wildman–Crippen LogP) is -0.172. The molecule has 0 aromatic rings. The van der Waals surface area contributed by atoms with Crippen molar-refractivity contribution in [2.45, 2.75) is 51.4 Å². The van der Waals surface area contributed by atoms with Gasteiger partial charge in [-0.1, -0.05) is 13.8 Å². The second-order valence-corrected chi connectivity index (χ2v) is 10.0. The smallest absolute Gasteiger partial charge is 0.317 e. The molecule has 2 aliphatic heterocycles. The highest BCUT2D eigenvalue weighted by Crippen LogP contribution is 2.41. The molecule has 3 rings (SSSR count). The summed E-state index contributed by atoms with van der Waals surface area (Å²) in [7, 11) is -4.15. The fraction of sp³-hybridized carbons (Fsp3) is 0.882. The van der Waals surface area contributed by atoms with Crippen LogP contribution in [0.25, 0.3) is 0 Å². The summed E-state index contributed by atoms with van der Waals surface area (Å²) in [6, 6.07) is -1.58. The van der Waals surface area contributed by atoms with Crippen LogP contribution in [0.5, 0.6) is 0 Å². The molecule has 1 aliphatic carbocycles. The lowest BCUT2D eigenvalue weighted by molar-refractivity contribution is -0.119. The van der Waals surface area contributed by atoms with Gasteiger partial charge in [-0.25, -0.2) is 13.9 Å². The van der Waals surface area contributed by atoms with Gasteiger partial charge in [-0.15, -0.1) is 0 Å². The van der Waals surface area contributed by atoms with E-state index >= 15 is 4.39 Å². The number of amides is 3. The van der Waals surface area contributed by atoms with E-state index in [4.69, 9.17) is 0 Å². The van der Waals surface area contributed by atoms with E-state index in [1.54, 1.807) is 4.90 Å². The van der Waals surface area contributed by atoms with Gasteiger partial charge >= 0.3 is 16.2 Å². The Morgan fingerprint density at radius 3 is 2.75 bits per heavy atom. The number of fused-ring (bicyclic) bond motifs is 1. The molecule has 1 saturated carbocycles. The lowest BCUT2D eigenvalue weighted by atomic mass is 9.70. The Kier molecular flexibility index (Phi) is 6.16. The first-order valence-corrected chi connectivity index (χ1v) is 11.2. The van der Waals surface area contributed by atoms with E-state index in [2.05, 4.69) is 19.2 Å². The van der Waals surface area contributed by atoms with E-state index in [0.29, 0.717) is 25.4 Å². The number of halogens is 1. The fourth-order valence-corrected chi connectivity index (χ4v) is 5.77.